The second kappa shape index (κ2) is 7.07. The number of thiol groups is 1. The molecule has 92 valence electrons. The summed E-state index contributed by atoms with van der Waals surface area (Å²) in [5.41, 5.74) is -5.65. The van der Waals surface area contributed by atoms with Gasteiger partial charge in [-0.15, -0.1) is 0 Å². The van der Waals surface area contributed by atoms with Crippen molar-refractivity contribution in [3.63, 3.8) is 0 Å². The molecule has 0 aromatic carbocycles. The zero-order chi connectivity index (χ0) is 12.7. The van der Waals surface area contributed by atoms with Gasteiger partial charge in [0.05, 0.1) is 6.26 Å². The van der Waals surface area contributed by atoms with Gasteiger partial charge in [-0.1, -0.05) is 6.92 Å². The molecule has 0 aliphatic carbocycles. The van der Waals surface area contributed by atoms with Gasteiger partial charge in [0.15, 0.2) is 21.7 Å². The summed E-state index contributed by atoms with van der Waals surface area (Å²) < 4.78 is 58.9. The molecule has 0 saturated heterocycles. The number of hydrogen-bond donors (Lipinski definition) is 0. The Kier molecular flexibility index (Phi) is 8.07. The highest BCUT2D eigenvalue weighted by molar-refractivity contribution is 7.86. The summed E-state index contributed by atoms with van der Waals surface area (Å²) in [5.74, 6) is 1.10. The van der Waals surface area contributed by atoms with E-state index >= 15 is 0 Å². The second-order valence-corrected chi connectivity index (χ2v) is 4.59. The Hall–Kier alpha value is -0.280. The lowest BCUT2D eigenvalue weighted by Crippen LogP contribution is -2.21. The zero-order valence-corrected chi connectivity index (χ0v) is 9.75. The van der Waals surface area contributed by atoms with Gasteiger partial charge in [0, 0.05) is 6.42 Å². The van der Waals surface area contributed by atoms with E-state index in [0.29, 0.717) is 12.2 Å². The monoisotopic (exact) mass is 268 g/mol. The maximum Gasteiger partial charge on any atom is 0.485 e. The summed E-state index contributed by atoms with van der Waals surface area (Å²) in [5, 5.41) is 0. The van der Waals surface area contributed by atoms with E-state index in [2.05, 4.69) is 0 Å². The number of alkyl halides is 3. The third-order valence-electron chi connectivity index (χ3n) is 1.01. The van der Waals surface area contributed by atoms with E-state index in [-0.39, 0.29) is 0 Å². The Balaban J connectivity index is 0. The molecule has 0 amide bonds. The zero-order valence-electron chi connectivity index (χ0n) is 8.04. The standard InChI is InChI=1S/C5H10OS.CHF3O3S/c1-3-5(6)4-7-2;2-1(3,4)8(5,6)7/h3-4H2,1-2H3;(H,5,6,7). The first-order chi connectivity index (χ1) is 6.56. The van der Waals surface area contributed by atoms with Crippen LogP contribution in [0.3, 0.4) is 0 Å². The summed E-state index contributed by atoms with van der Waals surface area (Å²) in [6, 6.07) is 0. The maximum atomic E-state index is 10.7. The van der Waals surface area contributed by atoms with Gasteiger partial charge in [0.25, 0.3) is 0 Å². The van der Waals surface area contributed by atoms with E-state index in [0.717, 1.165) is 5.75 Å². The van der Waals surface area contributed by atoms with Crippen molar-refractivity contribution in [3.8, 4) is 0 Å². The topological polar surface area (TPSA) is 74.3 Å². The molecule has 0 unspecified atom stereocenters. The first kappa shape index (κ1) is 17.1. The second-order valence-electron chi connectivity index (χ2n) is 2.27. The van der Waals surface area contributed by atoms with Crippen molar-refractivity contribution in [3.05, 3.63) is 0 Å². The third-order valence-corrected chi connectivity index (χ3v) is 2.25. The molecule has 15 heavy (non-hydrogen) atoms. The predicted octanol–water partition coefficient (Wildman–Crippen LogP) is 0.462. The number of hydrogen-bond acceptors (Lipinski definition) is 4. The normalized spacial score (nSPS) is 11.6. The Labute approximate surface area is 90.0 Å². The van der Waals surface area contributed by atoms with Crippen molar-refractivity contribution in [1.29, 1.82) is 0 Å². The van der Waals surface area contributed by atoms with Crippen LogP contribution in [-0.4, -0.2) is 36.3 Å². The van der Waals surface area contributed by atoms with E-state index in [1.807, 2.05) is 13.2 Å². The third kappa shape index (κ3) is 10.0. The molecule has 0 saturated carbocycles. The van der Waals surface area contributed by atoms with Gasteiger partial charge in [-0.25, -0.2) is 8.42 Å². The average Bonchev–Trinajstić information content (AvgIpc) is 2.02. The van der Waals surface area contributed by atoms with Crippen LogP contribution in [-0.2, 0) is 26.7 Å². The highest BCUT2D eigenvalue weighted by Crippen LogP contribution is 2.20. The van der Waals surface area contributed by atoms with Crippen LogP contribution in [0.5, 0.6) is 0 Å². The van der Waals surface area contributed by atoms with Crippen LogP contribution in [0.25, 0.3) is 0 Å². The largest absolute Gasteiger partial charge is 0.741 e. The van der Waals surface area contributed by atoms with E-state index in [1.165, 1.54) is 11.8 Å². The smallest absolute Gasteiger partial charge is 0.485 e. The quantitative estimate of drug-likeness (QED) is 0.322. The minimum Gasteiger partial charge on any atom is -0.741 e. The minimum absolute atomic E-state index is 0.365. The van der Waals surface area contributed by atoms with Crippen molar-refractivity contribution < 1.29 is 30.9 Å². The van der Waals surface area contributed by atoms with Crippen LogP contribution in [0.15, 0.2) is 0 Å². The molecule has 0 spiro atoms. The lowest BCUT2D eigenvalue weighted by Gasteiger charge is -2.08. The van der Waals surface area contributed by atoms with Crippen LogP contribution < -0.4 is 0 Å². The van der Waals surface area contributed by atoms with Crippen molar-refractivity contribution in [2.75, 3.05) is 12.0 Å². The Morgan fingerprint density at radius 1 is 1.40 bits per heavy atom. The lowest BCUT2D eigenvalue weighted by molar-refractivity contribution is -0.116. The number of halogens is 3. The van der Waals surface area contributed by atoms with Crippen LogP contribution in [0.4, 0.5) is 13.2 Å². The maximum absolute atomic E-state index is 10.7. The van der Waals surface area contributed by atoms with Gasteiger partial charge >= 0.3 is 5.51 Å². The molecule has 0 aliphatic rings. The summed E-state index contributed by atoms with van der Waals surface area (Å²) in [4.78, 5) is 10.4. The van der Waals surface area contributed by atoms with Crippen molar-refractivity contribution in [2.24, 2.45) is 0 Å². The first-order valence-electron chi connectivity index (χ1n) is 3.65. The fourth-order valence-corrected chi connectivity index (χ4v) is 0.864. The number of ketones is 1. The van der Waals surface area contributed by atoms with Crippen molar-refractivity contribution in [1.82, 2.24) is 0 Å². The molecule has 9 heteroatoms. The molecular weight excluding hydrogens is 257 g/mol. The van der Waals surface area contributed by atoms with E-state index in [9.17, 15) is 18.0 Å². The van der Waals surface area contributed by atoms with Gasteiger partial charge in [0.2, 0.25) is 0 Å². The highest BCUT2D eigenvalue weighted by Gasteiger charge is 2.36. The molecular formula is C6H11F3O4S2. The van der Waals surface area contributed by atoms with Crippen LogP contribution in [0.1, 0.15) is 13.3 Å². The van der Waals surface area contributed by atoms with E-state index in [4.69, 9.17) is 13.0 Å². The summed E-state index contributed by atoms with van der Waals surface area (Å²) in [6.45, 7) is 1.90. The SMILES string of the molecule is CCC(=O)C[SH+]C.O=S(=O)([O-])C(F)(F)F. The molecule has 0 aliphatic heterocycles. The molecule has 0 atom stereocenters. The molecule has 0 radical (unpaired) electrons. The molecule has 0 aromatic heterocycles. The lowest BCUT2D eigenvalue weighted by atomic mass is 10.4. The van der Waals surface area contributed by atoms with E-state index in [1.54, 1.807) is 0 Å². The molecule has 0 heterocycles. The number of carbonyl (C=O) groups is 1. The minimum atomic E-state index is -6.09. The highest BCUT2D eigenvalue weighted by atomic mass is 32.2. The van der Waals surface area contributed by atoms with Gasteiger partial charge in [-0.05, 0) is 11.8 Å². The fraction of sp³-hybridized carbons (Fsp3) is 0.833. The molecule has 0 N–H and O–H groups in total. The number of rotatable bonds is 3. The van der Waals surface area contributed by atoms with Gasteiger partial charge < -0.3 is 4.55 Å². The van der Waals surface area contributed by atoms with E-state index < -0.39 is 15.6 Å². The Morgan fingerprint density at radius 2 is 1.73 bits per heavy atom. The van der Waals surface area contributed by atoms with Crippen molar-refractivity contribution in [2.45, 2.75) is 18.9 Å². The molecule has 4 nitrogen and oxygen atoms in total. The van der Waals surface area contributed by atoms with Gasteiger partial charge in [-0.2, -0.15) is 13.2 Å². The first-order valence-corrected chi connectivity index (χ1v) is 6.59. The molecule has 0 aromatic rings. The molecule has 0 bridgehead atoms. The van der Waals surface area contributed by atoms with Crippen LogP contribution in [0.2, 0.25) is 0 Å². The Morgan fingerprint density at radius 3 is 1.80 bits per heavy atom. The summed E-state index contributed by atoms with van der Waals surface area (Å²) >= 11 is 1.19. The fourth-order valence-electron chi connectivity index (χ4n) is 0.288. The number of carbonyl (C=O) groups excluding carboxylic acids is 1. The summed E-state index contributed by atoms with van der Waals surface area (Å²) in [7, 11) is -6.09. The van der Waals surface area contributed by atoms with Crippen LogP contribution >= 0.6 is 0 Å². The average molecular weight is 268 g/mol. The summed E-state index contributed by atoms with van der Waals surface area (Å²) in [6.07, 6.45) is 2.69. The molecule has 0 rings (SSSR count). The number of Topliss-reactive ketones (excluding diaryl/α,β-unsaturated/α-hetero) is 1. The molecule has 0 fully saturated rings. The Bertz CT molecular complexity index is 283. The van der Waals surface area contributed by atoms with Crippen molar-refractivity contribution >= 4 is 27.7 Å². The predicted molar refractivity (Wildman–Crippen MR) is 50.6 cm³/mol. The van der Waals surface area contributed by atoms with Gasteiger partial charge in [-0.3, -0.25) is 4.79 Å². The van der Waals surface area contributed by atoms with Gasteiger partial charge in [0.1, 0.15) is 0 Å². The van der Waals surface area contributed by atoms with Crippen LogP contribution in [0, 0.1) is 0 Å².